The van der Waals surface area contributed by atoms with Gasteiger partial charge in [0.1, 0.15) is 0 Å². The van der Waals surface area contributed by atoms with Crippen LogP contribution in [-0.4, -0.2) is 25.8 Å². The number of esters is 1. The highest BCUT2D eigenvalue weighted by Gasteiger charge is 2.02. The van der Waals surface area contributed by atoms with Crippen LogP contribution in [0.4, 0.5) is 0 Å². The average molecular weight is 369 g/mol. The van der Waals surface area contributed by atoms with Gasteiger partial charge in [0.15, 0.2) is 0 Å². The summed E-state index contributed by atoms with van der Waals surface area (Å²) >= 11 is 0. The highest BCUT2D eigenvalue weighted by atomic mass is 16.5. The maximum atomic E-state index is 11.5. The lowest BCUT2D eigenvalue weighted by Gasteiger charge is -2.05. The van der Waals surface area contributed by atoms with Gasteiger partial charge in [-0.25, -0.2) is 0 Å². The van der Waals surface area contributed by atoms with E-state index in [9.17, 15) is 4.79 Å². The van der Waals surface area contributed by atoms with E-state index in [1.165, 1.54) is 70.6 Å². The minimum absolute atomic E-state index is 0.0564. The first-order valence-corrected chi connectivity index (χ1v) is 11.2. The quantitative estimate of drug-likeness (QED) is 0.132. The van der Waals surface area contributed by atoms with Crippen LogP contribution in [0.3, 0.4) is 0 Å². The molecule has 3 nitrogen and oxygen atoms in total. The molecule has 0 aliphatic rings. The second-order valence-corrected chi connectivity index (χ2v) is 7.11. The fraction of sp³-hybridized carbons (Fsp3) is 0.870. The number of carbonyl (C=O) groups is 1. The van der Waals surface area contributed by atoms with Crippen molar-refractivity contribution in [3.8, 4) is 0 Å². The molecule has 0 amide bonds. The molecule has 0 radical (unpaired) electrons. The van der Waals surface area contributed by atoms with Gasteiger partial charge in [-0.15, -0.1) is 0 Å². The Bertz CT molecular complexity index is 313. The number of unbranched alkanes of at least 4 members (excludes halogenated alkanes) is 11. The largest absolute Gasteiger partial charge is 0.466 e. The molecule has 0 aromatic heterocycles. The predicted octanol–water partition coefficient (Wildman–Crippen LogP) is 6.99. The molecule has 0 atom stereocenters. The van der Waals surface area contributed by atoms with Crippen molar-refractivity contribution >= 4 is 5.97 Å². The first-order chi connectivity index (χ1) is 12.8. The summed E-state index contributed by atoms with van der Waals surface area (Å²) in [6.07, 6.45) is 22.7. The van der Waals surface area contributed by atoms with Gasteiger partial charge in [-0.1, -0.05) is 70.4 Å². The summed E-state index contributed by atoms with van der Waals surface area (Å²) in [7, 11) is 0. The summed E-state index contributed by atoms with van der Waals surface area (Å²) in [5.74, 6) is -0.0564. The molecule has 154 valence electrons. The zero-order valence-electron chi connectivity index (χ0n) is 17.6. The van der Waals surface area contributed by atoms with Crippen LogP contribution in [0.1, 0.15) is 110 Å². The molecule has 0 saturated carbocycles. The number of rotatable bonds is 20. The van der Waals surface area contributed by atoms with E-state index in [1.807, 2.05) is 6.92 Å². The Morgan fingerprint density at radius 3 is 1.88 bits per heavy atom. The number of carbonyl (C=O) groups excluding carboxylic acids is 1. The molecule has 0 heterocycles. The van der Waals surface area contributed by atoms with E-state index in [0.717, 1.165) is 25.9 Å². The van der Waals surface area contributed by atoms with Gasteiger partial charge in [-0.3, -0.25) is 4.79 Å². The van der Waals surface area contributed by atoms with Gasteiger partial charge in [0.25, 0.3) is 0 Å². The summed E-state index contributed by atoms with van der Waals surface area (Å²) in [4.78, 5) is 11.5. The summed E-state index contributed by atoms with van der Waals surface area (Å²) < 4.78 is 10.4. The summed E-state index contributed by atoms with van der Waals surface area (Å²) in [5.41, 5.74) is 0. The smallest absolute Gasteiger partial charge is 0.305 e. The normalized spacial score (nSPS) is 11.3. The van der Waals surface area contributed by atoms with Crippen LogP contribution in [0, 0.1) is 0 Å². The second-order valence-electron chi connectivity index (χ2n) is 7.11. The van der Waals surface area contributed by atoms with Crippen molar-refractivity contribution in [1.82, 2.24) is 0 Å². The zero-order chi connectivity index (χ0) is 19.1. The molecular formula is C23H44O3. The molecule has 0 unspecified atom stereocenters. The zero-order valence-corrected chi connectivity index (χ0v) is 17.6. The fourth-order valence-electron chi connectivity index (χ4n) is 2.90. The Morgan fingerprint density at radius 1 is 0.692 bits per heavy atom. The summed E-state index contributed by atoms with van der Waals surface area (Å²) in [5, 5.41) is 0. The van der Waals surface area contributed by atoms with E-state index in [-0.39, 0.29) is 5.97 Å². The van der Waals surface area contributed by atoms with Crippen molar-refractivity contribution in [2.45, 2.75) is 110 Å². The second kappa shape index (κ2) is 22.2. The molecule has 0 aromatic rings. The van der Waals surface area contributed by atoms with E-state index < -0.39 is 0 Å². The predicted molar refractivity (Wildman–Crippen MR) is 112 cm³/mol. The van der Waals surface area contributed by atoms with Gasteiger partial charge in [-0.2, -0.15) is 0 Å². The van der Waals surface area contributed by atoms with Crippen molar-refractivity contribution in [3.05, 3.63) is 12.2 Å². The summed E-state index contributed by atoms with van der Waals surface area (Å²) in [6.45, 7) is 6.13. The lowest BCUT2D eigenvalue weighted by atomic mass is 10.1. The SMILES string of the molecule is CCCCCCCC/C=C\CCCCCCCC(=O)OCCCOCC. The molecule has 0 fully saturated rings. The number of allylic oxidation sites excluding steroid dienone is 2. The lowest BCUT2D eigenvalue weighted by Crippen LogP contribution is -2.07. The van der Waals surface area contributed by atoms with Crippen LogP contribution in [-0.2, 0) is 14.3 Å². The molecule has 0 aromatic carbocycles. The third-order valence-corrected chi connectivity index (χ3v) is 4.54. The van der Waals surface area contributed by atoms with E-state index in [4.69, 9.17) is 9.47 Å². The van der Waals surface area contributed by atoms with Crippen molar-refractivity contribution in [3.63, 3.8) is 0 Å². The van der Waals surface area contributed by atoms with Gasteiger partial charge in [-0.05, 0) is 39.0 Å². The maximum Gasteiger partial charge on any atom is 0.305 e. The highest BCUT2D eigenvalue weighted by Crippen LogP contribution is 2.10. The lowest BCUT2D eigenvalue weighted by molar-refractivity contribution is -0.144. The molecule has 0 bridgehead atoms. The van der Waals surface area contributed by atoms with Crippen molar-refractivity contribution < 1.29 is 14.3 Å². The standard InChI is InChI=1S/C23H44O3/c1-3-5-6-7-8-9-10-11-12-13-14-15-16-17-18-20-23(24)26-22-19-21-25-4-2/h11-12H,3-10,13-22H2,1-2H3/b12-11-. The van der Waals surface area contributed by atoms with Gasteiger partial charge >= 0.3 is 5.97 Å². The first kappa shape index (κ1) is 25.2. The van der Waals surface area contributed by atoms with Crippen molar-refractivity contribution in [1.29, 1.82) is 0 Å². The third kappa shape index (κ3) is 21.2. The molecule has 0 aliphatic heterocycles. The van der Waals surface area contributed by atoms with Gasteiger partial charge in [0, 0.05) is 26.1 Å². The Hall–Kier alpha value is -0.830. The molecule has 0 rings (SSSR count). The molecule has 0 aliphatic carbocycles. The van der Waals surface area contributed by atoms with Gasteiger partial charge in [0.05, 0.1) is 6.61 Å². The molecule has 26 heavy (non-hydrogen) atoms. The highest BCUT2D eigenvalue weighted by molar-refractivity contribution is 5.69. The maximum absolute atomic E-state index is 11.5. The number of hydrogen-bond acceptors (Lipinski definition) is 3. The number of ether oxygens (including phenoxy) is 2. The molecule has 0 spiro atoms. The minimum atomic E-state index is -0.0564. The van der Waals surface area contributed by atoms with Crippen LogP contribution in [0.5, 0.6) is 0 Å². The Balaban J connectivity index is 3.18. The van der Waals surface area contributed by atoms with Crippen molar-refractivity contribution in [2.24, 2.45) is 0 Å². The average Bonchev–Trinajstić information content (AvgIpc) is 2.64. The van der Waals surface area contributed by atoms with Crippen molar-refractivity contribution in [2.75, 3.05) is 19.8 Å². The van der Waals surface area contributed by atoms with E-state index in [1.54, 1.807) is 0 Å². The topological polar surface area (TPSA) is 35.5 Å². The summed E-state index contributed by atoms with van der Waals surface area (Å²) in [6, 6.07) is 0. The van der Waals surface area contributed by atoms with Gasteiger partial charge < -0.3 is 9.47 Å². The van der Waals surface area contributed by atoms with Crippen LogP contribution in [0.25, 0.3) is 0 Å². The fourth-order valence-corrected chi connectivity index (χ4v) is 2.90. The molecule has 0 saturated heterocycles. The van der Waals surface area contributed by atoms with Gasteiger partial charge in [0.2, 0.25) is 0 Å². The van der Waals surface area contributed by atoms with E-state index in [2.05, 4.69) is 19.1 Å². The Morgan fingerprint density at radius 2 is 1.27 bits per heavy atom. The Labute approximate surface area is 162 Å². The van der Waals surface area contributed by atoms with Crippen LogP contribution in [0.15, 0.2) is 12.2 Å². The molecular weight excluding hydrogens is 324 g/mol. The monoisotopic (exact) mass is 368 g/mol. The van der Waals surface area contributed by atoms with Crippen LogP contribution < -0.4 is 0 Å². The van der Waals surface area contributed by atoms with E-state index in [0.29, 0.717) is 19.6 Å². The van der Waals surface area contributed by atoms with Crippen LogP contribution >= 0.6 is 0 Å². The number of hydrogen-bond donors (Lipinski definition) is 0. The van der Waals surface area contributed by atoms with Crippen LogP contribution in [0.2, 0.25) is 0 Å². The Kier molecular flexibility index (Phi) is 21.5. The molecule has 0 N–H and O–H groups in total. The third-order valence-electron chi connectivity index (χ3n) is 4.54. The molecule has 3 heteroatoms. The minimum Gasteiger partial charge on any atom is -0.466 e. The van der Waals surface area contributed by atoms with E-state index >= 15 is 0 Å². The first-order valence-electron chi connectivity index (χ1n) is 11.2.